The quantitative estimate of drug-likeness (QED) is 0.463. The van der Waals surface area contributed by atoms with Crippen LogP contribution in [0.25, 0.3) is 6.08 Å². The molecule has 4 nitrogen and oxygen atoms in total. The summed E-state index contributed by atoms with van der Waals surface area (Å²) >= 11 is 0. The average Bonchev–Trinajstić information content (AvgIpc) is 2.65. The molecule has 0 unspecified atom stereocenters. The smallest absolute Gasteiger partial charge is 0.338 e. The van der Waals surface area contributed by atoms with E-state index in [4.69, 9.17) is 14.2 Å². The van der Waals surface area contributed by atoms with E-state index in [1.165, 1.54) is 0 Å². The standard InChI is InChI=1S/C21H24O4/c1-3-17-7-11-19(12-8-17)24-15-5-6-16-25-20-13-9-18(10-14-20)21(22)23-4-2/h3,7-14H,1,4-6,15-16H2,2H3. The lowest BCUT2D eigenvalue weighted by Crippen LogP contribution is -2.05. The highest BCUT2D eigenvalue weighted by molar-refractivity contribution is 5.89. The summed E-state index contributed by atoms with van der Waals surface area (Å²) < 4.78 is 16.3. The Morgan fingerprint density at radius 1 is 0.920 bits per heavy atom. The number of carbonyl (C=O) groups is 1. The van der Waals surface area contributed by atoms with Crippen molar-refractivity contribution in [2.24, 2.45) is 0 Å². The molecule has 0 saturated heterocycles. The molecule has 132 valence electrons. The Morgan fingerprint density at radius 3 is 1.92 bits per heavy atom. The Balaban J connectivity index is 1.62. The zero-order chi connectivity index (χ0) is 17.9. The van der Waals surface area contributed by atoms with Crippen LogP contribution in [0.2, 0.25) is 0 Å². The zero-order valence-corrected chi connectivity index (χ0v) is 14.6. The monoisotopic (exact) mass is 340 g/mol. The van der Waals surface area contributed by atoms with Crippen molar-refractivity contribution < 1.29 is 19.0 Å². The van der Waals surface area contributed by atoms with Crippen LogP contribution in [0.15, 0.2) is 55.1 Å². The Bertz CT molecular complexity index is 659. The molecule has 0 aliphatic heterocycles. The number of hydrogen-bond donors (Lipinski definition) is 0. The lowest BCUT2D eigenvalue weighted by molar-refractivity contribution is 0.0526. The van der Waals surface area contributed by atoms with Gasteiger partial charge in [0, 0.05) is 0 Å². The summed E-state index contributed by atoms with van der Waals surface area (Å²) in [7, 11) is 0. The predicted molar refractivity (Wildman–Crippen MR) is 99.2 cm³/mol. The van der Waals surface area contributed by atoms with Gasteiger partial charge in [-0.2, -0.15) is 0 Å². The molecule has 2 aromatic rings. The second-order valence-corrected chi connectivity index (χ2v) is 5.42. The van der Waals surface area contributed by atoms with Gasteiger partial charge in [0.25, 0.3) is 0 Å². The van der Waals surface area contributed by atoms with Gasteiger partial charge in [-0.1, -0.05) is 24.8 Å². The molecule has 0 saturated carbocycles. The van der Waals surface area contributed by atoms with Crippen LogP contribution in [-0.2, 0) is 4.74 Å². The van der Waals surface area contributed by atoms with E-state index in [-0.39, 0.29) is 5.97 Å². The second kappa shape index (κ2) is 10.2. The summed E-state index contributed by atoms with van der Waals surface area (Å²) in [6.45, 7) is 7.15. The number of esters is 1. The summed E-state index contributed by atoms with van der Waals surface area (Å²) in [6, 6.07) is 14.8. The van der Waals surface area contributed by atoms with Crippen LogP contribution in [-0.4, -0.2) is 25.8 Å². The first-order chi connectivity index (χ1) is 12.2. The Labute approximate surface area is 149 Å². The molecule has 0 spiro atoms. The minimum Gasteiger partial charge on any atom is -0.494 e. The van der Waals surface area contributed by atoms with Crippen molar-refractivity contribution >= 4 is 12.0 Å². The van der Waals surface area contributed by atoms with Crippen LogP contribution in [0.1, 0.15) is 35.7 Å². The molecule has 0 aliphatic carbocycles. The van der Waals surface area contributed by atoms with Gasteiger partial charge in [-0.3, -0.25) is 0 Å². The SMILES string of the molecule is C=Cc1ccc(OCCCCOc2ccc(C(=O)OCC)cc2)cc1. The van der Waals surface area contributed by atoms with Crippen LogP contribution < -0.4 is 9.47 Å². The number of carbonyl (C=O) groups excluding carboxylic acids is 1. The summed E-state index contributed by atoms with van der Waals surface area (Å²) in [4.78, 5) is 11.6. The number of benzene rings is 2. The van der Waals surface area contributed by atoms with Gasteiger partial charge in [0.1, 0.15) is 11.5 Å². The largest absolute Gasteiger partial charge is 0.494 e. The Hall–Kier alpha value is -2.75. The first-order valence-electron chi connectivity index (χ1n) is 8.48. The van der Waals surface area contributed by atoms with Crippen molar-refractivity contribution in [2.45, 2.75) is 19.8 Å². The molecule has 0 atom stereocenters. The number of unbranched alkanes of at least 4 members (excludes halogenated alkanes) is 1. The third-order valence-electron chi connectivity index (χ3n) is 3.56. The van der Waals surface area contributed by atoms with Crippen LogP contribution in [0.4, 0.5) is 0 Å². The molecular formula is C21H24O4. The topological polar surface area (TPSA) is 44.8 Å². The van der Waals surface area contributed by atoms with E-state index in [0.29, 0.717) is 25.4 Å². The van der Waals surface area contributed by atoms with Gasteiger partial charge in [-0.05, 0) is 61.7 Å². The van der Waals surface area contributed by atoms with E-state index < -0.39 is 0 Å². The van der Waals surface area contributed by atoms with E-state index in [2.05, 4.69) is 6.58 Å². The lowest BCUT2D eigenvalue weighted by Gasteiger charge is -2.08. The molecule has 0 fully saturated rings. The van der Waals surface area contributed by atoms with Gasteiger partial charge in [-0.15, -0.1) is 0 Å². The van der Waals surface area contributed by atoms with E-state index in [9.17, 15) is 4.79 Å². The molecule has 0 heterocycles. The predicted octanol–water partition coefficient (Wildman–Crippen LogP) is 4.74. The molecule has 0 aromatic heterocycles. The van der Waals surface area contributed by atoms with Gasteiger partial charge in [0.15, 0.2) is 0 Å². The maximum atomic E-state index is 11.6. The minimum absolute atomic E-state index is 0.313. The van der Waals surface area contributed by atoms with Gasteiger partial charge >= 0.3 is 5.97 Å². The molecule has 2 aromatic carbocycles. The van der Waals surface area contributed by atoms with Crippen molar-refractivity contribution in [3.05, 3.63) is 66.2 Å². The van der Waals surface area contributed by atoms with Crippen LogP contribution in [0, 0.1) is 0 Å². The van der Waals surface area contributed by atoms with Gasteiger partial charge in [0.05, 0.1) is 25.4 Å². The first-order valence-corrected chi connectivity index (χ1v) is 8.48. The minimum atomic E-state index is -0.313. The third kappa shape index (κ3) is 6.34. The third-order valence-corrected chi connectivity index (χ3v) is 3.56. The summed E-state index contributed by atoms with van der Waals surface area (Å²) in [6.07, 6.45) is 3.61. The van der Waals surface area contributed by atoms with Crippen LogP contribution in [0.3, 0.4) is 0 Å². The fraction of sp³-hybridized carbons (Fsp3) is 0.286. The highest BCUT2D eigenvalue weighted by Crippen LogP contribution is 2.15. The number of hydrogen-bond acceptors (Lipinski definition) is 4. The van der Waals surface area contributed by atoms with E-state index >= 15 is 0 Å². The van der Waals surface area contributed by atoms with Crippen molar-refractivity contribution in [1.29, 1.82) is 0 Å². The molecule has 25 heavy (non-hydrogen) atoms. The highest BCUT2D eigenvalue weighted by atomic mass is 16.5. The number of rotatable bonds is 10. The number of ether oxygens (including phenoxy) is 3. The summed E-state index contributed by atoms with van der Waals surface area (Å²) in [5.41, 5.74) is 1.61. The molecule has 2 rings (SSSR count). The fourth-order valence-corrected chi connectivity index (χ4v) is 2.19. The van der Waals surface area contributed by atoms with E-state index in [0.717, 1.165) is 29.9 Å². The Morgan fingerprint density at radius 2 is 1.44 bits per heavy atom. The maximum Gasteiger partial charge on any atom is 0.338 e. The first kappa shape index (κ1) is 18.6. The molecule has 0 bridgehead atoms. The van der Waals surface area contributed by atoms with Gasteiger partial charge < -0.3 is 14.2 Å². The molecule has 0 aliphatic rings. The summed E-state index contributed by atoms with van der Waals surface area (Å²) in [5.74, 6) is 1.29. The highest BCUT2D eigenvalue weighted by Gasteiger charge is 2.05. The second-order valence-electron chi connectivity index (χ2n) is 5.42. The van der Waals surface area contributed by atoms with Crippen LogP contribution in [0.5, 0.6) is 11.5 Å². The van der Waals surface area contributed by atoms with Crippen molar-refractivity contribution in [3.8, 4) is 11.5 Å². The summed E-state index contributed by atoms with van der Waals surface area (Å²) in [5, 5.41) is 0. The van der Waals surface area contributed by atoms with E-state index in [1.54, 1.807) is 37.3 Å². The Kier molecular flexibility index (Phi) is 7.57. The normalized spacial score (nSPS) is 10.1. The van der Waals surface area contributed by atoms with Gasteiger partial charge in [0.2, 0.25) is 0 Å². The average molecular weight is 340 g/mol. The van der Waals surface area contributed by atoms with Gasteiger partial charge in [-0.25, -0.2) is 4.79 Å². The lowest BCUT2D eigenvalue weighted by atomic mass is 10.2. The molecule has 0 radical (unpaired) electrons. The van der Waals surface area contributed by atoms with Crippen molar-refractivity contribution in [3.63, 3.8) is 0 Å². The fourth-order valence-electron chi connectivity index (χ4n) is 2.19. The van der Waals surface area contributed by atoms with Crippen molar-refractivity contribution in [1.82, 2.24) is 0 Å². The molecule has 4 heteroatoms. The maximum absolute atomic E-state index is 11.6. The van der Waals surface area contributed by atoms with Crippen LogP contribution >= 0.6 is 0 Å². The zero-order valence-electron chi connectivity index (χ0n) is 14.6. The van der Waals surface area contributed by atoms with E-state index in [1.807, 2.05) is 24.3 Å². The molecular weight excluding hydrogens is 316 g/mol. The molecule has 0 N–H and O–H groups in total. The molecule has 0 amide bonds. The van der Waals surface area contributed by atoms with Crippen molar-refractivity contribution in [2.75, 3.05) is 19.8 Å².